The molecular weight excluding hydrogens is 284 g/mol. The van der Waals surface area contributed by atoms with Crippen molar-refractivity contribution in [1.82, 2.24) is 9.38 Å². The first-order valence-corrected chi connectivity index (χ1v) is 7.92. The number of aryl methyl sites for hydroxylation is 2. The van der Waals surface area contributed by atoms with Gasteiger partial charge in [0.15, 0.2) is 10.7 Å². The standard InChI is InChI=1S/C16H14N2O2S/c19-15(20)13-8-18-14(9-21-16(18)17-13)12-6-5-10-3-1-2-4-11(10)7-12/h5-9H,1-4H2,(H,19,20). The van der Waals surface area contributed by atoms with E-state index in [1.807, 2.05) is 9.78 Å². The summed E-state index contributed by atoms with van der Waals surface area (Å²) in [6.45, 7) is 0. The molecule has 21 heavy (non-hydrogen) atoms. The zero-order valence-electron chi connectivity index (χ0n) is 11.4. The van der Waals surface area contributed by atoms with Crippen LogP contribution in [0.25, 0.3) is 16.2 Å². The van der Waals surface area contributed by atoms with Gasteiger partial charge in [-0.15, -0.1) is 11.3 Å². The topological polar surface area (TPSA) is 54.6 Å². The Hall–Kier alpha value is -2.14. The van der Waals surface area contributed by atoms with Gasteiger partial charge >= 0.3 is 5.97 Å². The third-order valence-corrected chi connectivity index (χ3v) is 4.91. The maximum atomic E-state index is 11.0. The molecule has 1 aliphatic rings. The molecule has 106 valence electrons. The maximum Gasteiger partial charge on any atom is 0.356 e. The lowest BCUT2D eigenvalue weighted by molar-refractivity contribution is 0.0691. The van der Waals surface area contributed by atoms with Crippen molar-refractivity contribution >= 4 is 22.3 Å². The zero-order chi connectivity index (χ0) is 14.4. The summed E-state index contributed by atoms with van der Waals surface area (Å²) in [7, 11) is 0. The summed E-state index contributed by atoms with van der Waals surface area (Å²) >= 11 is 1.47. The summed E-state index contributed by atoms with van der Waals surface area (Å²) in [5.74, 6) is -0.984. The highest BCUT2D eigenvalue weighted by molar-refractivity contribution is 7.15. The van der Waals surface area contributed by atoms with E-state index in [1.165, 1.54) is 41.7 Å². The Kier molecular flexibility index (Phi) is 2.82. The number of carboxylic acid groups (broad SMARTS) is 1. The molecule has 1 aliphatic carbocycles. The fourth-order valence-corrected chi connectivity index (χ4v) is 3.87. The molecule has 0 amide bonds. The normalized spacial score (nSPS) is 14.3. The number of hydrogen-bond donors (Lipinski definition) is 1. The van der Waals surface area contributed by atoms with E-state index in [4.69, 9.17) is 5.11 Å². The second-order valence-electron chi connectivity index (χ2n) is 5.40. The average Bonchev–Trinajstić information content (AvgIpc) is 3.07. The van der Waals surface area contributed by atoms with Gasteiger partial charge in [0, 0.05) is 11.6 Å². The molecule has 0 unspecified atom stereocenters. The number of aromatic carboxylic acids is 1. The van der Waals surface area contributed by atoms with E-state index in [-0.39, 0.29) is 5.69 Å². The van der Waals surface area contributed by atoms with Crippen molar-refractivity contribution in [2.24, 2.45) is 0 Å². The van der Waals surface area contributed by atoms with E-state index in [0.29, 0.717) is 0 Å². The lowest BCUT2D eigenvalue weighted by Gasteiger charge is -2.16. The molecule has 5 heteroatoms. The van der Waals surface area contributed by atoms with Crippen LogP contribution in [0.4, 0.5) is 0 Å². The number of aromatic nitrogens is 2. The van der Waals surface area contributed by atoms with Crippen LogP contribution >= 0.6 is 11.3 Å². The van der Waals surface area contributed by atoms with E-state index < -0.39 is 5.97 Å². The lowest BCUT2D eigenvalue weighted by atomic mass is 9.90. The van der Waals surface area contributed by atoms with Crippen molar-refractivity contribution in [2.75, 3.05) is 0 Å². The Morgan fingerprint density at radius 2 is 2.05 bits per heavy atom. The van der Waals surface area contributed by atoms with Gasteiger partial charge in [0.05, 0.1) is 5.69 Å². The summed E-state index contributed by atoms with van der Waals surface area (Å²) in [6, 6.07) is 6.59. The lowest BCUT2D eigenvalue weighted by Crippen LogP contribution is -2.02. The van der Waals surface area contributed by atoms with Gasteiger partial charge in [-0.3, -0.25) is 4.40 Å². The Labute approximate surface area is 125 Å². The molecule has 4 rings (SSSR count). The first-order valence-electron chi connectivity index (χ1n) is 7.04. The van der Waals surface area contributed by atoms with Crippen LogP contribution < -0.4 is 0 Å². The van der Waals surface area contributed by atoms with Crippen LogP contribution in [0.2, 0.25) is 0 Å². The second kappa shape index (κ2) is 4.70. The molecule has 0 atom stereocenters. The molecule has 0 radical (unpaired) electrons. The van der Waals surface area contributed by atoms with E-state index in [9.17, 15) is 4.79 Å². The van der Waals surface area contributed by atoms with Crippen LogP contribution in [0, 0.1) is 0 Å². The van der Waals surface area contributed by atoms with Crippen molar-refractivity contribution in [3.8, 4) is 11.3 Å². The number of carbonyl (C=O) groups is 1. The molecule has 1 aromatic carbocycles. The average molecular weight is 298 g/mol. The smallest absolute Gasteiger partial charge is 0.356 e. The number of nitrogens with zero attached hydrogens (tertiary/aromatic N) is 2. The minimum Gasteiger partial charge on any atom is -0.476 e. The van der Waals surface area contributed by atoms with E-state index in [0.717, 1.165) is 22.6 Å². The van der Waals surface area contributed by atoms with Crippen LogP contribution in [-0.4, -0.2) is 20.5 Å². The number of carboxylic acids is 1. The van der Waals surface area contributed by atoms with Gasteiger partial charge in [0.1, 0.15) is 0 Å². The minimum absolute atomic E-state index is 0.0982. The van der Waals surface area contributed by atoms with Crippen molar-refractivity contribution in [1.29, 1.82) is 0 Å². The highest BCUT2D eigenvalue weighted by Gasteiger charge is 2.15. The molecule has 0 aliphatic heterocycles. The van der Waals surface area contributed by atoms with Gasteiger partial charge < -0.3 is 5.11 Å². The largest absolute Gasteiger partial charge is 0.476 e. The summed E-state index contributed by atoms with van der Waals surface area (Å²) in [5, 5.41) is 11.1. The van der Waals surface area contributed by atoms with Crippen molar-refractivity contribution < 1.29 is 9.90 Å². The van der Waals surface area contributed by atoms with Gasteiger partial charge in [-0.2, -0.15) is 0 Å². The fourth-order valence-electron chi connectivity index (χ4n) is 2.99. The summed E-state index contributed by atoms with van der Waals surface area (Å²) in [6.07, 6.45) is 6.44. The minimum atomic E-state index is -0.984. The summed E-state index contributed by atoms with van der Waals surface area (Å²) in [5.41, 5.74) is 5.13. The Morgan fingerprint density at radius 1 is 1.24 bits per heavy atom. The van der Waals surface area contributed by atoms with Crippen LogP contribution in [0.5, 0.6) is 0 Å². The first-order chi connectivity index (χ1) is 10.2. The third kappa shape index (κ3) is 2.05. The first kappa shape index (κ1) is 12.6. The van der Waals surface area contributed by atoms with E-state index in [1.54, 1.807) is 6.20 Å². The summed E-state index contributed by atoms with van der Waals surface area (Å²) < 4.78 is 1.87. The van der Waals surface area contributed by atoms with Crippen molar-refractivity contribution in [2.45, 2.75) is 25.7 Å². The molecule has 0 saturated heterocycles. The Bertz CT molecular complexity index is 847. The van der Waals surface area contributed by atoms with Crippen LogP contribution in [0.1, 0.15) is 34.5 Å². The summed E-state index contributed by atoms with van der Waals surface area (Å²) in [4.78, 5) is 15.9. The van der Waals surface area contributed by atoms with Crippen molar-refractivity contribution in [3.05, 3.63) is 46.6 Å². The molecule has 4 nitrogen and oxygen atoms in total. The molecule has 0 saturated carbocycles. The molecule has 2 heterocycles. The zero-order valence-corrected chi connectivity index (χ0v) is 12.2. The van der Waals surface area contributed by atoms with Crippen LogP contribution in [-0.2, 0) is 12.8 Å². The number of benzene rings is 1. The number of imidazole rings is 1. The highest BCUT2D eigenvalue weighted by atomic mass is 32.1. The predicted molar refractivity (Wildman–Crippen MR) is 82.1 cm³/mol. The number of hydrogen-bond acceptors (Lipinski definition) is 3. The molecule has 0 fully saturated rings. The van der Waals surface area contributed by atoms with Gasteiger partial charge in [0.2, 0.25) is 0 Å². The molecule has 0 spiro atoms. The van der Waals surface area contributed by atoms with Crippen LogP contribution in [0.3, 0.4) is 0 Å². The fraction of sp³-hybridized carbons (Fsp3) is 0.250. The second-order valence-corrected chi connectivity index (χ2v) is 6.23. The number of rotatable bonds is 2. The number of fused-ring (bicyclic) bond motifs is 2. The van der Waals surface area contributed by atoms with Gasteiger partial charge in [-0.1, -0.05) is 12.1 Å². The van der Waals surface area contributed by atoms with Crippen molar-refractivity contribution in [3.63, 3.8) is 0 Å². The molecular formula is C16H14N2O2S. The monoisotopic (exact) mass is 298 g/mol. The van der Waals surface area contributed by atoms with Gasteiger partial charge in [0.25, 0.3) is 0 Å². The highest BCUT2D eigenvalue weighted by Crippen LogP contribution is 2.30. The third-order valence-electron chi connectivity index (χ3n) is 4.07. The Morgan fingerprint density at radius 3 is 2.86 bits per heavy atom. The molecule has 2 aromatic heterocycles. The quantitative estimate of drug-likeness (QED) is 0.786. The Balaban J connectivity index is 1.84. The SMILES string of the molecule is O=C(O)c1cn2c(-c3ccc4c(c3)CCCC4)csc2n1. The molecule has 1 N–H and O–H groups in total. The van der Waals surface area contributed by atoms with E-state index >= 15 is 0 Å². The number of thiazole rings is 1. The van der Waals surface area contributed by atoms with Crippen LogP contribution in [0.15, 0.2) is 29.8 Å². The molecule has 3 aromatic rings. The maximum absolute atomic E-state index is 11.0. The van der Waals surface area contributed by atoms with E-state index in [2.05, 4.69) is 23.2 Å². The molecule has 0 bridgehead atoms. The van der Waals surface area contributed by atoms with Gasteiger partial charge in [-0.05, 0) is 48.4 Å². The van der Waals surface area contributed by atoms with Gasteiger partial charge in [-0.25, -0.2) is 9.78 Å². The predicted octanol–water partition coefficient (Wildman–Crippen LogP) is 3.64.